The lowest BCUT2D eigenvalue weighted by Gasteiger charge is -2.25. The summed E-state index contributed by atoms with van der Waals surface area (Å²) in [5, 5.41) is 14.5. The highest BCUT2D eigenvalue weighted by atomic mass is 32.1. The number of aliphatic hydroxyl groups is 1. The Morgan fingerprint density at radius 2 is 2.18 bits per heavy atom. The van der Waals surface area contributed by atoms with Crippen LogP contribution in [0.15, 0.2) is 29.0 Å². The number of nitrogens with zero attached hydrogens (tertiary/aromatic N) is 1. The van der Waals surface area contributed by atoms with E-state index in [1.807, 2.05) is 29.0 Å². The Morgan fingerprint density at radius 3 is 2.95 bits per heavy atom. The molecule has 2 N–H and O–H groups in total. The first-order chi connectivity index (χ1) is 10.7. The molecule has 22 heavy (non-hydrogen) atoms. The zero-order valence-corrected chi connectivity index (χ0v) is 13.7. The molecule has 3 aromatic heterocycles. The molecule has 1 aliphatic heterocycles. The minimum Gasteiger partial charge on any atom is -0.395 e. The Labute approximate surface area is 136 Å². The summed E-state index contributed by atoms with van der Waals surface area (Å²) >= 11 is 3.28. The van der Waals surface area contributed by atoms with Crippen LogP contribution in [0.2, 0.25) is 0 Å². The number of aliphatic hydroxyl groups excluding tert-OH is 1. The lowest BCUT2D eigenvalue weighted by atomic mass is 9.91. The molecule has 0 aliphatic carbocycles. The fourth-order valence-corrected chi connectivity index (χ4v) is 5.18. The van der Waals surface area contributed by atoms with E-state index in [1.54, 1.807) is 22.7 Å². The van der Waals surface area contributed by atoms with Crippen molar-refractivity contribution in [3.8, 4) is 0 Å². The van der Waals surface area contributed by atoms with E-state index >= 15 is 0 Å². The minimum absolute atomic E-state index is 0.0726. The molecule has 4 nitrogen and oxygen atoms in total. The van der Waals surface area contributed by atoms with Crippen LogP contribution in [0, 0.1) is 0 Å². The summed E-state index contributed by atoms with van der Waals surface area (Å²) in [5.74, 6) is -0.0310. The molecule has 0 aromatic carbocycles. The normalized spacial score (nSPS) is 20.7. The Bertz CT molecular complexity index is 804. The standard InChI is InChI=1S/C16H16N2O2S2/c1-9-14(10-2-6-22-16(10)18(9)4-5-19)15(20)12-8-13-11(17-12)3-7-21-13/h2-3,6-9,14,17,19H,4-5H2,1H3. The number of ketones is 1. The Hall–Kier alpha value is -1.63. The van der Waals surface area contributed by atoms with Gasteiger partial charge in [-0.25, -0.2) is 0 Å². The van der Waals surface area contributed by atoms with Gasteiger partial charge in [0, 0.05) is 12.6 Å². The Morgan fingerprint density at radius 1 is 1.36 bits per heavy atom. The van der Waals surface area contributed by atoms with Gasteiger partial charge in [0.1, 0.15) is 0 Å². The predicted octanol–water partition coefficient (Wildman–Crippen LogP) is 3.46. The van der Waals surface area contributed by atoms with Crippen LogP contribution in [0.1, 0.15) is 28.9 Å². The number of H-pyrrole nitrogens is 1. The van der Waals surface area contributed by atoms with Gasteiger partial charge in [0.15, 0.2) is 5.78 Å². The molecule has 0 saturated heterocycles. The Balaban J connectivity index is 1.72. The van der Waals surface area contributed by atoms with Crippen LogP contribution in [0.3, 0.4) is 0 Å². The number of aromatic amines is 1. The van der Waals surface area contributed by atoms with Gasteiger partial charge in [-0.05, 0) is 41.4 Å². The lowest BCUT2D eigenvalue weighted by Crippen LogP contribution is -2.36. The van der Waals surface area contributed by atoms with Gasteiger partial charge >= 0.3 is 0 Å². The second-order valence-corrected chi connectivity index (χ2v) is 7.40. The van der Waals surface area contributed by atoms with Crippen molar-refractivity contribution in [1.29, 1.82) is 0 Å². The van der Waals surface area contributed by atoms with Crippen molar-refractivity contribution >= 4 is 43.7 Å². The van der Waals surface area contributed by atoms with Gasteiger partial charge in [-0.15, -0.1) is 22.7 Å². The van der Waals surface area contributed by atoms with E-state index in [2.05, 4.69) is 16.8 Å². The summed E-state index contributed by atoms with van der Waals surface area (Å²) in [6.07, 6.45) is 0. The number of carbonyl (C=O) groups excluding carboxylic acids is 1. The zero-order valence-electron chi connectivity index (χ0n) is 12.1. The molecule has 3 aromatic rings. The first-order valence-electron chi connectivity index (χ1n) is 7.26. The molecule has 0 amide bonds. The number of hydrogen-bond donors (Lipinski definition) is 2. The van der Waals surface area contributed by atoms with Gasteiger partial charge in [0.2, 0.25) is 0 Å². The van der Waals surface area contributed by atoms with Crippen LogP contribution in [-0.2, 0) is 0 Å². The molecule has 2 atom stereocenters. The summed E-state index contributed by atoms with van der Waals surface area (Å²) in [5.41, 5.74) is 2.80. The molecule has 6 heteroatoms. The van der Waals surface area contributed by atoms with E-state index in [0.29, 0.717) is 12.2 Å². The Kier molecular flexibility index (Phi) is 3.32. The van der Waals surface area contributed by atoms with Crippen molar-refractivity contribution in [3.05, 3.63) is 40.2 Å². The van der Waals surface area contributed by atoms with Crippen molar-refractivity contribution in [2.24, 2.45) is 0 Å². The number of Topliss-reactive ketones (excluding diaryl/α,β-unsaturated/α-hetero) is 1. The third-order valence-corrected chi connectivity index (χ3v) is 6.20. The van der Waals surface area contributed by atoms with E-state index in [-0.39, 0.29) is 24.3 Å². The minimum atomic E-state index is -0.166. The van der Waals surface area contributed by atoms with Crippen molar-refractivity contribution in [2.75, 3.05) is 18.1 Å². The van der Waals surface area contributed by atoms with E-state index in [0.717, 1.165) is 20.8 Å². The van der Waals surface area contributed by atoms with E-state index in [4.69, 9.17) is 0 Å². The van der Waals surface area contributed by atoms with E-state index < -0.39 is 0 Å². The fraction of sp³-hybridized carbons (Fsp3) is 0.312. The second kappa shape index (κ2) is 5.22. The van der Waals surface area contributed by atoms with Gasteiger partial charge < -0.3 is 15.0 Å². The summed E-state index contributed by atoms with van der Waals surface area (Å²) < 4.78 is 1.12. The molecule has 1 aliphatic rings. The highest BCUT2D eigenvalue weighted by Crippen LogP contribution is 2.45. The van der Waals surface area contributed by atoms with Gasteiger partial charge in [0.05, 0.1) is 33.4 Å². The molecule has 0 bridgehead atoms. The number of anilines is 1. The van der Waals surface area contributed by atoms with Gasteiger partial charge in [-0.2, -0.15) is 0 Å². The van der Waals surface area contributed by atoms with Crippen LogP contribution in [0.25, 0.3) is 10.2 Å². The average Bonchev–Trinajstić information content (AvgIpc) is 3.21. The van der Waals surface area contributed by atoms with E-state index in [9.17, 15) is 9.90 Å². The van der Waals surface area contributed by atoms with Crippen molar-refractivity contribution in [1.82, 2.24) is 4.98 Å². The fourth-order valence-electron chi connectivity index (χ4n) is 3.33. The molecular formula is C16H16N2O2S2. The zero-order chi connectivity index (χ0) is 15.3. The monoisotopic (exact) mass is 332 g/mol. The summed E-state index contributed by atoms with van der Waals surface area (Å²) in [7, 11) is 0. The number of aromatic nitrogens is 1. The first kappa shape index (κ1) is 14.0. The molecule has 4 heterocycles. The maximum atomic E-state index is 13.0. The molecule has 0 fully saturated rings. The quantitative estimate of drug-likeness (QED) is 0.720. The van der Waals surface area contributed by atoms with Crippen LogP contribution in [-0.4, -0.2) is 35.1 Å². The SMILES string of the molecule is CC1C(C(=O)c2cc3sccc3[nH]2)c2ccsc2N1CCO. The first-order valence-corrected chi connectivity index (χ1v) is 9.02. The molecule has 4 rings (SSSR count). The predicted molar refractivity (Wildman–Crippen MR) is 91.5 cm³/mol. The van der Waals surface area contributed by atoms with E-state index in [1.165, 1.54) is 0 Å². The number of hydrogen-bond acceptors (Lipinski definition) is 5. The van der Waals surface area contributed by atoms with Crippen LogP contribution in [0.5, 0.6) is 0 Å². The number of thiophene rings is 2. The molecular weight excluding hydrogens is 316 g/mol. The molecule has 0 radical (unpaired) electrons. The topological polar surface area (TPSA) is 56.3 Å². The molecule has 114 valence electrons. The summed E-state index contributed by atoms with van der Waals surface area (Å²) in [4.78, 5) is 18.4. The number of fused-ring (bicyclic) bond motifs is 2. The number of nitrogens with one attached hydrogen (secondary N) is 1. The van der Waals surface area contributed by atoms with Gasteiger partial charge in [-0.3, -0.25) is 4.79 Å². The number of β-amino-alcohol motifs (C(OH)–C–C–N with tert-alkyl or cyclic N) is 1. The average molecular weight is 332 g/mol. The summed E-state index contributed by atoms with van der Waals surface area (Å²) in [6, 6.07) is 6.07. The maximum absolute atomic E-state index is 13.0. The van der Waals surface area contributed by atoms with Crippen LogP contribution >= 0.6 is 22.7 Å². The van der Waals surface area contributed by atoms with Crippen molar-refractivity contribution in [2.45, 2.75) is 18.9 Å². The third kappa shape index (κ3) is 1.95. The number of rotatable bonds is 4. The lowest BCUT2D eigenvalue weighted by molar-refractivity contribution is 0.0948. The number of carbonyl (C=O) groups is 1. The highest BCUT2D eigenvalue weighted by molar-refractivity contribution is 7.17. The van der Waals surface area contributed by atoms with Crippen molar-refractivity contribution < 1.29 is 9.90 Å². The molecule has 0 spiro atoms. The third-order valence-electron chi connectivity index (χ3n) is 4.37. The van der Waals surface area contributed by atoms with Gasteiger partial charge in [-0.1, -0.05) is 0 Å². The molecule has 0 saturated carbocycles. The smallest absolute Gasteiger partial charge is 0.188 e. The largest absolute Gasteiger partial charge is 0.395 e. The van der Waals surface area contributed by atoms with Crippen LogP contribution < -0.4 is 4.90 Å². The van der Waals surface area contributed by atoms with Crippen molar-refractivity contribution in [3.63, 3.8) is 0 Å². The maximum Gasteiger partial charge on any atom is 0.188 e. The van der Waals surface area contributed by atoms with Gasteiger partial charge in [0.25, 0.3) is 0 Å². The second-order valence-electron chi connectivity index (χ2n) is 5.56. The highest BCUT2D eigenvalue weighted by Gasteiger charge is 2.41. The summed E-state index contributed by atoms with van der Waals surface area (Å²) in [6.45, 7) is 2.73. The van der Waals surface area contributed by atoms with Crippen LogP contribution in [0.4, 0.5) is 5.00 Å². The molecule has 2 unspecified atom stereocenters.